The number of thioether (sulfide) groups is 1. The van der Waals surface area contributed by atoms with Gasteiger partial charge in [0.2, 0.25) is 5.91 Å². The van der Waals surface area contributed by atoms with Gasteiger partial charge in [0.15, 0.2) is 0 Å². The molecule has 1 aliphatic rings. The maximum Gasteiger partial charge on any atom is 0.258 e. The van der Waals surface area contributed by atoms with E-state index in [-0.39, 0.29) is 11.8 Å². The predicted octanol–water partition coefficient (Wildman–Crippen LogP) is 5.33. The summed E-state index contributed by atoms with van der Waals surface area (Å²) in [6.07, 6.45) is 1.29. The molecule has 1 aliphatic heterocycles. The Morgan fingerprint density at radius 3 is 2.64 bits per heavy atom. The van der Waals surface area contributed by atoms with Gasteiger partial charge in [-0.25, -0.2) is 0 Å². The van der Waals surface area contributed by atoms with Crippen LogP contribution in [-0.4, -0.2) is 24.1 Å². The minimum Gasteiger partial charge on any atom is -0.326 e. The van der Waals surface area contributed by atoms with Gasteiger partial charge < -0.3 is 10.2 Å². The van der Waals surface area contributed by atoms with Crippen molar-refractivity contribution in [2.75, 3.05) is 22.5 Å². The molecule has 3 aromatic carbocycles. The van der Waals surface area contributed by atoms with Crippen LogP contribution in [0.1, 0.15) is 30.1 Å². The summed E-state index contributed by atoms with van der Waals surface area (Å²) in [5, 5.41) is 4.89. The molecule has 4 nitrogen and oxygen atoms in total. The van der Waals surface area contributed by atoms with Crippen molar-refractivity contribution in [1.29, 1.82) is 0 Å². The number of nitrogens with zero attached hydrogens (tertiary/aromatic N) is 1. The highest BCUT2D eigenvalue weighted by Crippen LogP contribution is 2.40. The fourth-order valence-electron chi connectivity index (χ4n) is 3.62. The van der Waals surface area contributed by atoms with Gasteiger partial charge in [0.05, 0.1) is 5.69 Å². The molecule has 28 heavy (non-hydrogen) atoms. The standard InChI is InChI=1S/C23H22N2O2S/c1-2-25-20-14-13-19(17-10-6-11-18(22(17)20)23(25)27)24-21(26)12-7-15-28-16-8-4-3-5-9-16/h3-6,8-11,13-14H,2,7,12,15H2,1H3,(H,24,26). The van der Waals surface area contributed by atoms with Crippen molar-refractivity contribution in [3.05, 3.63) is 66.2 Å². The molecule has 0 fully saturated rings. The zero-order valence-electron chi connectivity index (χ0n) is 15.8. The largest absolute Gasteiger partial charge is 0.326 e. The van der Waals surface area contributed by atoms with E-state index in [1.54, 1.807) is 16.7 Å². The van der Waals surface area contributed by atoms with Gasteiger partial charge in [-0.05, 0) is 49.4 Å². The van der Waals surface area contributed by atoms with Crippen LogP contribution in [0.5, 0.6) is 0 Å². The van der Waals surface area contributed by atoms with Crippen molar-refractivity contribution in [2.45, 2.75) is 24.7 Å². The molecule has 3 aromatic rings. The molecule has 2 amide bonds. The van der Waals surface area contributed by atoms with Gasteiger partial charge in [0.1, 0.15) is 0 Å². The zero-order valence-corrected chi connectivity index (χ0v) is 16.6. The number of hydrogen-bond acceptors (Lipinski definition) is 3. The van der Waals surface area contributed by atoms with Crippen LogP contribution in [0.3, 0.4) is 0 Å². The van der Waals surface area contributed by atoms with E-state index in [1.807, 2.05) is 55.5 Å². The average molecular weight is 391 g/mol. The Labute approximate surface area is 168 Å². The number of benzene rings is 3. The van der Waals surface area contributed by atoms with Gasteiger partial charge in [-0.15, -0.1) is 11.8 Å². The Morgan fingerprint density at radius 1 is 1.04 bits per heavy atom. The SMILES string of the molecule is CCN1C(=O)c2cccc3c(NC(=O)CCCSc4ccccc4)ccc1c23. The highest BCUT2D eigenvalue weighted by molar-refractivity contribution is 7.99. The molecule has 0 aliphatic carbocycles. The van der Waals surface area contributed by atoms with E-state index in [4.69, 9.17) is 0 Å². The molecular formula is C23H22N2O2S. The Morgan fingerprint density at radius 2 is 1.86 bits per heavy atom. The van der Waals surface area contributed by atoms with Crippen molar-refractivity contribution in [1.82, 2.24) is 0 Å². The Balaban J connectivity index is 1.43. The minimum absolute atomic E-state index is 0.00559. The molecule has 142 valence electrons. The number of amides is 2. The van der Waals surface area contributed by atoms with E-state index < -0.39 is 0 Å². The number of carbonyl (C=O) groups excluding carboxylic acids is 2. The summed E-state index contributed by atoms with van der Waals surface area (Å²) >= 11 is 1.76. The van der Waals surface area contributed by atoms with Crippen LogP contribution >= 0.6 is 11.8 Å². The summed E-state index contributed by atoms with van der Waals surface area (Å²) in [5.74, 6) is 0.942. The second kappa shape index (κ2) is 8.07. The summed E-state index contributed by atoms with van der Waals surface area (Å²) in [5.41, 5.74) is 2.41. The van der Waals surface area contributed by atoms with Crippen LogP contribution in [0.25, 0.3) is 10.8 Å². The third kappa shape index (κ3) is 3.50. The van der Waals surface area contributed by atoms with E-state index in [0.29, 0.717) is 18.5 Å². The Hall–Kier alpha value is -2.79. The van der Waals surface area contributed by atoms with Gasteiger partial charge >= 0.3 is 0 Å². The third-order valence-electron chi connectivity index (χ3n) is 4.94. The molecule has 0 aromatic heterocycles. The molecular weight excluding hydrogens is 368 g/mol. The lowest BCUT2D eigenvalue weighted by molar-refractivity contribution is -0.116. The van der Waals surface area contributed by atoms with Crippen molar-refractivity contribution >= 4 is 45.7 Å². The molecule has 0 saturated carbocycles. The van der Waals surface area contributed by atoms with Gasteiger partial charge in [0.25, 0.3) is 5.91 Å². The van der Waals surface area contributed by atoms with Gasteiger partial charge in [-0.2, -0.15) is 0 Å². The fourth-order valence-corrected chi connectivity index (χ4v) is 4.50. The topological polar surface area (TPSA) is 49.4 Å². The summed E-state index contributed by atoms with van der Waals surface area (Å²) in [6, 6.07) is 19.8. The van der Waals surface area contributed by atoms with Crippen LogP contribution < -0.4 is 10.2 Å². The van der Waals surface area contributed by atoms with Crippen molar-refractivity contribution in [3.63, 3.8) is 0 Å². The summed E-state index contributed by atoms with van der Waals surface area (Å²) in [7, 11) is 0. The second-order valence-electron chi connectivity index (χ2n) is 6.72. The maximum atomic E-state index is 12.6. The second-order valence-corrected chi connectivity index (χ2v) is 7.89. The lowest BCUT2D eigenvalue weighted by Crippen LogP contribution is -2.25. The van der Waals surface area contributed by atoms with Gasteiger partial charge in [0, 0.05) is 39.9 Å². The van der Waals surface area contributed by atoms with Crippen molar-refractivity contribution in [2.24, 2.45) is 0 Å². The van der Waals surface area contributed by atoms with E-state index in [9.17, 15) is 9.59 Å². The molecule has 0 spiro atoms. The third-order valence-corrected chi connectivity index (χ3v) is 6.03. The quantitative estimate of drug-likeness (QED) is 0.438. The molecule has 1 N–H and O–H groups in total. The molecule has 0 atom stereocenters. The number of carbonyl (C=O) groups is 2. The van der Waals surface area contributed by atoms with E-state index in [1.165, 1.54) is 4.90 Å². The Bertz CT molecular complexity index is 1030. The Kier molecular flexibility index (Phi) is 5.35. The van der Waals surface area contributed by atoms with Gasteiger partial charge in [-0.1, -0.05) is 30.3 Å². The molecule has 0 radical (unpaired) electrons. The smallest absolute Gasteiger partial charge is 0.258 e. The number of nitrogens with one attached hydrogen (secondary N) is 1. The highest BCUT2D eigenvalue weighted by Gasteiger charge is 2.29. The molecule has 4 rings (SSSR count). The maximum absolute atomic E-state index is 12.6. The zero-order chi connectivity index (χ0) is 19.5. The van der Waals surface area contributed by atoms with Crippen LogP contribution in [0, 0.1) is 0 Å². The highest BCUT2D eigenvalue weighted by atomic mass is 32.2. The first-order valence-electron chi connectivity index (χ1n) is 9.54. The lowest BCUT2D eigenvalue weighted by Gasteiger charge is -2.15. The van der Waals surface area contributed by atoms with E-state index in [2.05, 4.69) is 17.4 Å². The average Bonchev–Trinajstić information content (AvgIpc) is 3.01. The number of hydrogen-bond donors (Lipinski definition) is 1. The monoisotopic (exact) mass is 390 g/mol. The summed E-state index contributed by atoms with van der Waals surface area (Å²) in [4.78, 5) is 28.0. The van der Waals surface area contributed by atoms with Crippen LogP contribution in [-0.2, 0) is 4.79 Å². The first-order chi connectivity index (χ1) is 13.7. The normalized spacial score (nSPS) is 12.6. The summed E-state index contributed by atoms with van der Waals surface area (Å²) in [6.45, 7) is 2.60. The number of anilines is 2. The van der Waals surface area contributed by atoms with Gasteiger partial charge in [-0.3, -0.25) is 9.59 Å². The molecule has 1 heterocycles. The first-order valence-corrected chi connectivity index (χ1v) is 10.5. The van der Waals surface area contributed by atoms with Crippen LogP contribution in [0.15, 0.2) is 65.6 Å². The molecule has 0 saturated heterocycles. The van der Waals surface area contributed by atoms with E-state index >= 15 is 0 Å². The molecule has 5 heteroatoms. The number of rotatable bonds is 7. The van der Waals surface area contributed by atoms with Crippen molar-refractivity contribution < 1.29 is 9.59 Å². The predicted molar refractivity (Wildman–Crippen MR) is 116 cm³/mol. The van der Waals surface area contributed by atoms with Crippen LogP contribution in [0.4, 0.5) is 11.4 Å². The molecule has 0 bridgehead atoms. The van der Waals surface area contributed by atoms with Crippen LogP contribution in [0.2, 0.25) is 0 Å². The molecule has 0 unspecified atom stereocenters. The minimum atomic E-state index is 0.00559. The fraction of sp³-hybridized carbons (Fsp3) is 0.217. The lowest BCUT2D eigenvalue weighted by atomic mass is 10.0. The first kappa shape index (κ1) is 18.6. The van der Waals surface area contributed by atoms with Crippen molar-refractivity contribution in [3.8, 4) is 0 Å². The summed E-state index contributed by atoms with van der Waals surface area (Å²) < 4.78 is 0. The van der Waals surface area contributed by atoms with E-state index in [0.717, 1.165) is 34.3 Å².